The fraction of sp³-hybridized carbons (Fsp3) is 0.160. The summed E-state index contributed by atoms with van der Waals surface area (Å²) in [5, 5.41) is 13.4. The summed E-state index contributed by atoms with van der Waals surface area (Å²) in [4.78, 5) is 36.2. The van der Waals surface area contributed by atoms with Gasteiger partial charge < -0.3 is 24.3 Å². The highest BCUT2D eigenvalue weighted by Crippen LogP contribution is 2.45. The molecule has 0 saturated carbocycles. The highest BCUT2D eigenvalue weighted by atomic mass is 35.5. The molecule has 3 heterocycles. The van der Waals surface area contributed by atoms with Crippen LogP contribution in [0.1, 0.15) is 16.5 Å². The van der Waals surface area contributed by atoms with Gasteiger partial charge in [0, 0.05) is 22.6 Å². The van der Waals surface area contributed by atoms with E-state index in [4.69, 9.17) is 37.4 Å². The summed E-state index contributed by atoms with van der Waals surface area (Å²) in [6, 6.07) is 8.78. The number of anilines is 1. The summed E-state index contributed by atoms with van der Waals surface area (Å²) in [5.41, 5.74) is 1.09. The van der Waals surface area contributed by atoms with Gasteiger partial charge in [0.25, 0.3) is 5.78 Å². The summed E-state index contributed by atoms with van der Waals surface area (Å²) in [6.45, 7) is 0. The third kappa shape index (κ3) is 4.07. The number of hydrogen-bond acceptors (Lipinski definition) is 8. The van der Waals surface area contributed by atoms with Crippen molar-refractivity contribution < 1.29 is 28.9 Å². The van der Waals surface area contributed by atoms with Gasteiger partial charge in [-0.3, -0.25) is 14.5 Å². The SMILES string of the molecule is COc1cc2nc(N3C(=O)C(=O)/C(=C(/O)c4cc(Cl)c(OC)c(Cl)c4)C3c3cccs3)[nH]c2cc1OC. The van der Waals surface area contributed by atoms with Crippen molar-refractivity contribution in [3.8, 4) is 17.2 Å². The Bertz CT molecular complexity index is 1520. The lowest BCUT2D eigenvalue weighted by Crippen LogP contribution is -2.30. The highest BCUT2D eigenvalue weighted by molar-refractivity contribution is 7.10. The molecule has 1 unspecified atom stereocenters. The number of methoxy groups -OCH3 is 3. The fourth-order valence-electron chi connectivity index (χ4n) is 4.25. The molecule has 1 amide bonds. The Morgan fingerprint density at radius 3 is 2.32 bits per heavy atom. The predicted molar refractivity (Wildman–Crippen MR) is 141 cm³/mol. The normalized spacial score (nSPS) is 17.0. The topological polar surface area (TPSA) is 114 Å². The monoisotopic (exact) mass is 559 g/mol. The number of thiophene rings is 1. The van der Waals surface area contributed by atoms with E-state index in [2.05, 4.69) is 9.97 Å². The number of hydrogen-bond donors (Lipinski definition) is 2. The first-order valence-electron chi connectivity index (χ1n) is 10.8. The number of aromatic amines is 1. The number of aliphatic hydroxyl groups excluding tert-OH is 1. The minimum atomic E-state index is -0.955. The second kappa shape index (κ2) is 9.62. The van der Waals surface area contributed by atoms with Crippen molar-refractivity contribution in [3.05, 3.63) is 67.8 Å². The van der Waals surface area contributed by atoms with Crippen LogP contribution in [-0.4, -0.2) is 48.1 Å². The Labute approximate surface area is 224 Å². The number of carbonyl (C=O) groups is 2. The summed E-state index contributed by atoms with van der Waals surface area (Å²) in [5.74, 6) is -0.893. The van der Waals surface area contributed by atoms with Crippen LogP contribution in [0.2, 0.25) is 10.0 Å². The maximum atomic E-state index is 13.4. The molecule has 1 saturated heterocycles. The van der Waals surface area contributed by atoms with E-state index in [9.17, 15) is 14.7 Å². The first-order valence-corrected chi connectivity index (χ1v) is 12.4. The number of rotatable bonds is 6. The largest absolute Gasteiger partial charge is 0.507 e. The molecule has 12 heteroatoms. The molecule has 2 aromatic carbocycles. The van der Waals surface area contributed by atoms with E-state index in [-0.39, 0.29) is 32.9 Å². The summed E-state index contributed by atoms with van der Waals surface area (Å²) < 4.78 is 15.9. The van der Waals surface area contributed by atoms with Gasteiger partial charge in [-0.15, -0.1) is 11.3 Å². The molecule has 0 aliphatic carbocycles. The average molecular weight is 560 g/mol. The van der Waals surface area contributed by atoms with Crippen molar-refractivity contribution in [1.82, 2.24) is 9.97 Å². The number of benzene rings is 2. The number of aromatic nitrogens is 2. The second-order valence-electron chi connectivity index (χ2n) is 7.94. The first kappa shape index (κ1) is 24.9. The predicted octanol–water partition coefficient (Wildman–Crippen LogP) is 5.58. The maximum absolute atomic E-state index is 13.4. The molecular weight excluding hydrogens is 541 g/mol. The Kier molecular flexibility index (Phi) is 6.49. The standard InChI is InChI=1S/C25H19Cl2N3O6S/c1-34-16-9-14-15(10-17(16)35-2)29-25(28-14)30-20(18-5-4-6-37-18)19(22(32)24(30)33)21(31)11-7-12(26)23(36-3)13(27)8-11/h4-10,20,31H,1-3H3,(H,28,29)/b21-19+. The number of ether oxygens (including phenoxy) is 3. The molecule has 0 radical (unpaired) electrons. The quantitative estimate of drug-likeness (QED) is 0.180. The molecule has 2 aromatic heterocycles. The van der Waals surface area contributed by atoms with E-state index in [1.165, 1.54) is 49.7 Å². The third-order valence-corrected chi connectivity index (χ3v) is 7.42. The Morgan fingerprint density at radius 1 is 1.05 bits per heavy atom. The fourth-order valence-corrected chi connectivity index (χ4v) is 5.72. The molecule has 0 spiro atoms. The van der Waals surface area contributed by atoms with Crippen LogP contribution in [0.25, 0.3) is 16.8 Å². The van der Waals surface area contributed by atoms with Crippen molar-refractivity contribution >= 4 is 69.0 Å². The van der Waals surface area contributed by atoms with Gasteiger partial charge in [-0.2, -0.15) is 0 Å². The molecule has 9 nitrogen and oxygen atoms in total. The van der Waals surface area contributed by atoms with Gasteiger partial charge in [0.15, 0.2) is 17.2 Å². The Balaban J connectivity index is 1.70. The summed E-state index contributed by atoms with van der Waals surface area (Å²) in [7, 11) is 4.42. The molecule has 1 fully saturated rings. The molecule has 1 aliphatic rings. The van der Waals surface area contributed by atoms with Gasteiger partial charge in [0.1, 0.15) is 11.8 Å². The van der Waals surface area contributed by atoms with Crippen LogP contribution in [0.5, 0.6) is 17.2 Å². The number of halogens is 2. The molecule has 1 aliphatic heterocycles. The molecule has 0 bridgehead atoms. The molecule has 2 N–H and O–H groups in total. The van der Waals surface area contributed by atoms with Crippen LogP contribution < -0.4 is 19.1 Å². The number of nitrogens with one attached hydrogen (secondary N) is 1. The van der Waals surface area contributed by atoms with E-state index < -0.39 is 23.5 Å². The minimum Gasteiger partial charge on any atom is -0.507 e. The number of imidazole rings is 1. The zero-order chi connectivity index (χ0) is 26.4. The molecule has 1 atom stereocenters. The highest BCUT2D eigenvalue weighted by Gasteiger charge is 2.48. The van der Waals surface area contributed by atoms with E-state index in [0.717, 1.165) is 0 Å². The minimum absolute atomic E-state index is 0.121. The number of H-pyrrole nitrogens is 1. The smallest absolute Gasteiger partial charge is 0.302 e. The second-order valence-corrected chi connectivity index (χ2v) is 9.74. The number of Topliss-reactive ketones (excluding diaryl/α,β-unsaturated/α-hetero) is 1. The number of carbonyl (C=O) groups excluding carboxylic acids is 2. The van der Waals surface area contributed by atoms with Gasteiger partial charge in [0.2, 0.25) is 5.95 Å². The maximum Gasteiger partial charge on any atom is 0.302 e. The van der Waals surface area contributed by atoms with E-state index in [0.29, 0.717) is 27.4 Å². The first-order chi connectivity index (χ1) is 17.8. The third-order valence-electron chi connectivity index (χ3n) is 5.94. The van der Waals surface area contributed by atoms with Crippen molar-refractivity contribution in [3.63, 3.8) is 0 Å². The van der Waals surface area contributed by atoms with E-state index >= 15 is 0 Å². The Morgan fingerprint density at radius 2 is 1.73 bits per heavy atom. The molecular formula is C25H19Cl2N3O6S. The Hall–Kier alpha value is -3.73. The number of amides is 1. The molecule has 4 aromatic rings. The van der Waals surface area contributed by atoms with Crippen LogP contribution in [0.3, 0.4) is 0 Å². The van der Waals surface area contributed by atoms with Gasteiger partial charge in [-0.1, -0.05) is 29.3 Å². The summed E-state index contributed by atoms with van der Waals surface area (Å²) in [6.07, 6.45) is 0. The average Bonchev–Trinajstić information content (AvgIpc) is 3.61. The van der Waals surface area contributed by atoms with Crippen molar-refractivity contribution in [1.29, 1.82) is 0 Å². The van der Waals surface area contributed by atoms with Crippen LogP contribution in [0.15, 0.2) is 47.4 Å². The number of aliphatic hydroxyl groups is 1. The zero-order valence-corrected chi connectivity index (χ0v) is 22.0. The van der Waals surface area contributed by atoms with E-state index in [1.807, 2.05) is 5.38 Å². The van der Waals surface area contributed by atoms with Crippen LogP contribution in [0, 0.1) is 0 Å². The number of fused-ring (bicyclic) bond motifs is 1. The molecule has 5 rings (SSSR count). The van der Waals surface area contributed by atoms with Crippen molar-refractivity contribution in [2.75, 3.05) is 26.2 Å². The van der Waals surface area contributed by atoms with Gasteiger partial charge in [0.05, 0.1) is 48.0 Å². The summed E-state index contributed by atoms with van der Waals surface area (Å²) >= 11 is 13.9. The molecule has 37 heavy (non-hydrogen) atoms. The van der Waals surface area contributed by atoms with Crippen LogP contribution in [-0.2, 0) is 9.59 Å². The van der Waals surface area contributed by atoms with Crippen LogP contribution >= 0.6 is 34.5 Å². The lowest BCUT2D eigenvalue weighted by molar-refractivity contribution is -0.132. The van der Waals surface area contributed by atoms with Crippen molar-refractivity contribution in [2.24, 2.45) is 0 Å². The lowest BCUT2D eigenvalue weighted by atomic mass is 10.00. The van der Waals surface area contributed by atoms with E-state index in [1.54, 1.807) is 24.3 Å². The van der Waals surface area contributed by atoms with Gasteiger partial charge in [-0.25, -0.2) is 4.98 Å². The number of nitrogens with zero attached hydrogens (tertiary/aromatic N) is 2. The number of ketones is 1. The molecule has 190 valence electrons. The van der Waals surface area contributed by atoms with Crippen LogP contribution in [0.4, 0.5) is 5.95 Å². The zero-order valence-electron chi connectivity index (χ0n) is 19.7. The van der Waals surface area contributed by atoms with Crippen molar-refractivity contribution in [2.45, 2.75) is 6.04 Å². The van der Waals surface area contributed by atoms with Gasteiger partial charge in [-0.05, 0) is 23.6 Å². The van der Waals surface area contributed by atoms with Gasteiger partial charge >= 0.3 is 5.91 Å². The lowest BCUT2D eigenvalue weighted by Gasteiger charge is -2.21.